The number of ketones is 1. The van der Waals surface area contributed by atoms with Gasteiger partial charge in [0, 0.05) is 5.41 Å². The summed E-state index contributed by atoms with van der Waals surface area (Å²) in [6, 6.07) is 10.8. The number of furan rings is 1. The van der Waals surface area contributed by atoms with Crippen LogP contribution in [0, 0.1) is 5.41 Å². The number of thioether (sulfide) groups is 1. The normalized spacial score (nSPS) is 11.8. The summed E-state index contributed by atoms with van der Waals surface area (Å²) in [5, 5.41) is 1.08. The minimum absolute atomic E-state index is 0.115. The average Bonchev–Trinajstić information content (AvgIpc) is 3.08. The Morgan fingerprint density at radius 1 is 1.20 bits per heavy atom. The van der Waals surface area contributed by atoms with Gasteiger partial charge < -0.3 is 4.42 Å². The van der Waals surface area contributed by atoms with Gasteiger partial charge in [0.1, 0.15) is 11.5 Å². The molecule has 2 heterocycles. The number of Topliss-reactive ketones (excluding diaryl/α,β-unsaturated/α-hetero) is 1. The minimum atomic E-state index is -0.421. The molecule has 0 aliphatic rings. The van der Waals surface area contributed by atoms with Crippen LogP contribution < -0.4 is 5.56 Å². The van der Waals surface area contributed by atoms with Gasteiger partial charge in [-0.25, -0.2) is 4.98 Å². The summed E-state index contributed by atoms with van der Waals surface area (Å²) >= 11 is 1.29. The van der Waals surface area contributed by atoms with Gasteiger partial charge in [0.25, 0.3) is 5.56 Å². The first kappa shape index (κ1) is 17.5. The summed E-state index contributed by atoms with van der Waals surface area (Å²) in [7, 11) is 0. The number of hydrogen-bond donors (Lipinski definition) is 0. The molecule has 0 saturated heterocycles. The molecule has 0 radical (unpaired) electrons. The first-order valence-electron chi connectivity index (χ1n) is 8.04. The fourth-order valence-electron chi connectivity index (χ4n) is 2.30. The molecule has 0 spiro atoms. The zero-order valence-electron chi connectivity index (χ0n) is 14.5. The van der Waals surface area contributed by atoms with Crippen molar-refractivity contribution < 1.29 is 9.21 Å². The molecule has 0 atom stereocenters. The molecule has 6 heteroatoms. The molecular formula is C19H20N2O3S. The molecule has 0 unspecified atom stereocenters. The SMILES string of the molecule is CC(C)(C)C(=O)CSc1nc2ccccc2c(=O)n1Cc1ccco1. The van der Waals surface area contributed by atoms with E-state index in [-0.39, 0.29) is 23.6 Å². The second-order valence-corrected chi connectivity index (χ2v) is 7.79. The third kappa shape index (κ3) is 3.85. The van der Waals surface area contributed by atoms with Crippen LogP contribution in [-0.2, 0) is 11.3 Å². The molecule has 0 saturated carbocycles. The van der Waals surface area contributed by atoms with Gasteiger partial charge in [-0.3, -0.25) is 14.2 Å². The van der Waals surface area contributed by atoms with Crippen LogP contribution in [0.2, 0.25) is 0 Å². The summed E-state index contributed by atoms with van der Waals surface area (Å²) in [5.41, 5.74) is 0.0808. The van der Waals surface area contributed by atoms with Crippen molar-refractivity contribution in [1.82, 2.24) is 9.55 Å². The molecule has 0 bridgehead atoms. The number of benzene rings is 1. The van der Waals surface area contributed by atoms with Crippen molar-refractivity contribution in [2.75, 3.05) is 5.75 Å². The maximum Gasteiger partial charge on any atom is 0.262 e. The number of rotatable bonds is 5. The van der Waals surface area contributed by atoms with Crippen LogP contribution in [0.4, 0.5) is 0 Å². The summed E-state index contributed by atoms with van der Waals surface area (Å²) in [6.45, 7) is 5.95. The molecule has 1 aromatic carbocycles. The van der Waals surface area contributed by atoms with Gasteiger partial charge in [0.05, 0.1) is 29.5 Å². The van der Waals surface area contributed by atoms with E-state index in [9.17, 15) is 9.59 Å². The summed E-state index contributed by atoms with van der Waals surface area (Å²) < 4.78 is 6.95. The van der Waals surface area contributed by atoms with Gasteiger partial charge in [-0.1, -0.05) is 44.7 Å². The Kier molecular flexibility index (Phi) is 4.81. The Balaban J connectivity index is 2.02. The fraction of sp³-hybridized carbons (Fsp3) is 0.316. The van der Waals surface area contributed by atoms with Crippen molar-refractivity contribution in [1.29, 1.82) is 0 Å². The van der Waals surface area contributed by atoms with Crippen molar-refractivity contribution in [3.63, 3.8) is 0 Å². The van der Waals surface area contributed by atoms with Crippen molar-refractivity contribution in [2.45, 2.75) is 32.5 Å². The van der Waals surface area contributed by atoms with Crippen molar-refractivity contribution >= 4 is 28.4 Å². The Morgan fingerprint density at radius 3 is 2.64 bits per heavy atom. The van der Waals surface area contributed by atoms with Gasteiger partial charge in [0.2, 0.25) is 0 Å². The van der Waals surface area contributed by atoms with Gasteiger partial charge >= 0.3 is 0 Å². The van der Waals surface area contributed by atoms with E-state index < -0.39 is 5.41 Å². The number of carbonyl (C=O) groups is 1. The number of para-hydroxylation sites is 1. The van der Waals surface area contributed by atoms with Crippen molar-refractivity contribution in [2.24, 2.45) is 5.41 Å². The van der Waals surface area contributed by atoms with Crippen molar-refractivity contribution in [3.05, 3.63) is 58.8 Å². The zero-order chi connectivity index (χ0) is 18.0. The molecule has 3 aromatic rings. The fourth-order valence-corrected chi connectivity index (χ4v) is 3.46. The summed E-state index contributed by atoms with van der Waals surface area (Å²) in [6.07, 6.45) is 1.57. The molecule has 5 nitrogen and oxygen atoms in total. The van der Waals surface area contributed by atoms with E-state index in [2.05, 4.69) is 4.98 Å². The zero-order valence-corrected chi connectivity index (χ0v) is 15.3. The first-order valence-corrected chi connectivity index (χ1v) is 9.03. The average molecular weight is 356 g/mol. The standard InChI is InChI=1S/C19H20N2O3S/c1-19(2,3)16(22)12-25-18-20-15-9-5-4-8-14(15)17(23)21(18)11-13-7-6-10-24-13/h4-10H,11-12H2,1-3H3. The number of fused-ring (bicyclic) bond motifs is 1. The van der Waals surface area contributed by atoms with Gasteiger partial charge in [-0.05, 0) is 24.3 Å². The molecule has 3 rings (SSSR count). The van der Waals surface area contributed by atoms with E-state index in [0.717, 1.165) is 0 Å². The summed E-state index contributed by atoms with van der Waals surface area (Å²) in [5.74, 6) is 1.06. The molecule has 25 heavy (non-hydrogen) atoms. The Hall–Kier alpha value is -2.34. The highest BCUT2D eigenvalue weighted by molar-refractivity contribution is 7.99. The number of carbonyl (C=O) groups excluding carboxylic acids is 1. The molecule has 0 N–H and O–H groups in total. The quantitative estimate of drug-likeness (QED) is 0.515. The third-order valence-corrected chi connectivity index (χ3v) is 4.87. The summed E-state index contributed by atoms with van der Waals surface area (Å²) in [4.78, 5) is 29.8. The predicted molar refractivity (Wildman–Crippen MR) is 99.0 cm³/mol. The van der Waals surface area contributed by atoms with Gasteiger partial charge in [-0.15, -0.1) is 0 Å². The van der Waals surface area contributed by atoms with E-state index in [1.54, 1.807) is 23.0 Å². The lowest BCUT2D eigenvalue weighted by atomic mass is 9.92. The van der Waals surface area contributed by atoms with E-state index in [1.807, 2.05) is 45.0 Å². The molecule has 130 valence electrons. The Morgan fingerprint density at radius 2 is 1.96 bits per heavy atom. The molecule has 0 amide bonds. The molecule has 2 aromatic heterocycles. The van der Waals surface area contributed by atoms with Gasteiger partial charge in [0.15, 0.2) is 5.16 Å². The molecule has 0 aliphatic carbocycles. The molecule has 0 aliphatic heterocycles. The highest BCUT2D eigenvalue weighted by Crippen LogP contribution is 2.23. The molecule has 0 fully saturated rings. The highest BCUT2D eigenvalue weighted by Gasteiger charge is 2.22. The Labute approximate surface area is 150 Å². The monoisotopic (exact) mass is 356 g/mol. The highest BCUT2D eigenvalue weighted by atomic mass is 32.2. The van der Waals surface area contributed by atoms with Crippen LogP contribution in [-0.4, -0.2) is 21.1 Å². The number of hydrogen-bond acceptors (Lipinski definition) is 5. The van der Waals surface area contributed by atoms with Crippen LogP contribution in [0.25, 0.3) is 10.9 Å². The smallest absolute Gasteiger partial charge is 0.262 e. The minimum Gasteiger partial charge on any atom is -0.467 e. The Bertz CT molecular complexity index is 953. The lowest BCUT2D eigenvalue weighted by molar-refractivity contribution is -0.123. The molecular weight excluding hydrogens is 336 g/mol. The third-order valence-electron chi connectivity index (χ3n) is 3.89. The van der Waals surface area contributed by atoms with E-state index in [0.29, 0.717) is 21.8 Å². The van der Waals surface area contributed by atoms with E-state index in [4.69, 9.17) is 4.42 Å². The maximum absolute atomic E-state index is 12.9. The van der Waals surface area contributed by atoms with E-state index >= 15 is 0 Å². The van der Waals surface area contributed by atoms with Crippen LogP contribution in [0.15, 0.2) is 57.0 Å². The second kappa shape index (κ2) is 6.88. The largest absolute Gasteiger partial charge is 0.467 e. The van der Waals surface area contributed by atoms with Gasteiger partial charge in [-0.2, -0.15) is 0 Å². The van der Waals surface area contributed by atoms with Crippen LogP contribution in [0.5, 0.6) is 0 Å². The maximum atomic E-state index is 12.9. The van der Waals surface area contributed by atoms with Crippen LogP contribution >= 0.6 is 11.8 Å². The van der Waals surface area contributed by atoms with Crippen LogP contribution in [0.3, 0.4) is 0 Å². The first-order chi connectivity index (χ1) is 11.9. The topological polar surface area (TPSA) is 65.1 Å². The lowest BCUT2D eigenvalue weighted by Crippen LogP contribution is -2.26. The van der Waals surface area contributed by atoms with E-state index in [1.165, 1.54) is 11.8 Å². The number of nitrogens with zero attached hydrogens (tertiary/aromatic N) is 2. The predicted octanol–water partition coefficient (Wildman–Crippen LogP) is 3.75. The van der Waals surface area contributed by atoms with Crippen LogP contribution in [0.1, 0.15) is 26.5 Å². The lowest BCUT2D eigenvalue weighted by Gasteiger charge is -2.17. The number of aromatic nitrogens is 2. The second-order valence-electron chi connectivity index (χ2n) is 6.84. The van der Waals surface area contributed by atoms with Crippen molar-refractivity contribution in [3.8, 4) is 0 Å².